The minimum Gasteiger partial charge on any atom is -0.491 e. The number of benzene rings is 2. The number of nitrogens with one attached hydrogen (secondary N) is 3. The molecule has 4 aromatic rings. The lowest BCUT2D eigenvalue weighted by Gasteiger charge is -2.28. The number of nitrogens with two attached hydrogens (primary N) is 3. The van der Waals surface area contributed by atoms with E-state index in [2.05, 4.69) is 49.1 Å². The van der Waals surface area contributed by atoms with Crippen molar-refractivity contribution in [1.29, 1.82) is 0 Å². The zero-order chi connectivity index (χ0) is 53.5. The molecule has 2 aromatic carbocycles. The molecule has 0 saturated heterocycles. The van der Waals surface area contributed by atoms with Crippen LogP contribution in [0.25, 0.3) is 16.7 Å². The second-order valence-electron chi connectivity index (χ2n) is 16.1. The number of aryl methyl sites for hydroxylation is 2. The summed E-state index contributed by atoms with van der Waals surface area (Å²) in [5.74, 6) is -1.51. The molecule has 73 heavy (non-hydrogen) atoms. The maximum atomic E-state index is 13.7. The minimum absolute atomic E-state index is 0.0611. The van der Waals surface area contributed by atoms with E-state index in [-0.39, 0.29) is 80.9 Å². The van der Waals surface area contributed by atoms with E-state index in [1.807, 2.05) is 43.6 Å². The number of carbonyl (C=O) groups excluding carboxylic acids is 5. The summed E-state index contributed by atoms with van der Waals surface area (Å²) < 4.78 is 25.5. The number of imidazole rings is 1. The van der Waals surface area contributed by atoms with Crippen molar-refractivity contribution in [2.45, 2.75) is 60.0 Å². The molecule has 4 rings (SSSR count). The highest BCUT2D eigenvalue weighted by Crippen LogP contribution is 2.40. The van der Waals surface area contributed by atoms with Gasteiger partial charge in [-0.2, -0.15) is 5.10 Å². The van der Waals surface area contributed by atoms with Gasteiger partial charge in [-0.25, -0.2) is 4.98 Å². The van der Waals surface area contributed by atoms with Crippen molar-refractivity contribution in [3.8, 4) is 11.5 Å². The Bertz CT molecular complexity index is 2780. The number of carbonyl (C=O) groups is 5. The number of methoxy groups -OCH3 is 2. The average molecular weight is 1010 g/mol. The van der Waals surface area contributed by atoms with Crippen LogP contribution < -0.4 is 47.5 Å². The summed E-state index contributed by atoms with van der Waals surface area (Å²) in [5.41, 5.74) is 22.1. The lowest BCUT2D eigenvalue weighted by molar-refractivity contribution is -0.141. The lowest BCUT2D eigenvalue weighted by Crippen LogP contribution is -2.39. The monoisotopic (exact) mass is 1010 g/mol. The molecule has 0 saturated carbocycles. The molecule has 2 aromatic heterocycles. The van der Waals surface area contributed by atoms with Crippen LogP contribution in [0.1, 0.15) is 82.8 Å². The highest BCUT2D eigenvalue weighted by molar-refractivity contribution is 5.99. The topological polar surface area (TPSA) is 300 Å². The number of hydrogen-bond acceptors (Lipinski definition) is 17. The number of anilines is 1. The van der Waals surface area contributed by atoms with E-state index < -0.39 is 23.7 Å². The third-order valence-electron chi connectivity index (χ3n) is 10.6. The molecule has 0 bridgehead atoms. The first kappa shape index (κ1) is 56.9. The number of nitrogens with zero attached hydrogens (tertiary/aromatic N) is 7. The van der Waals surface area contributed by atoms with Gasteiger partial charge < -0.3 is 61.6 Å². The molecule has 22 heteroatoms. The van der Waals surface area contributed by atoms with Crippen molar-refractivity contribution in [3.05, 3.63) is 113 Å². The number of amides is 3. The number of hydrogen-bond donors (Lipinski definition) is 6. The summed E-state index contributed by atoms with van der Waals surface area (Å²) >= 11 is 0. The number of aromatic nitrogens is 4. The van der Waals surface area contributed by atoms with Gasteiger partial charge in [-0.05, 0) is 83.3 Å². The van der Waals surface area contributed by atoms with Gasteiger partial charge in [0.05, 0.1) is 68.8 Å². The van der Waals surface area contributed by atoms with E-state index in [1.165, 1.54) is 32.6 Å². The summed E-state index contributed by atoms with van der Waals surface area (Å²) in [6.45, 7) is 17.4. The predicted molar refractivity (Wildman–Crippen MR) is 282 cm³/mol. The summed E-state index contributed by atoms with van der Waals surface area (Å²) in [4.78, 5) is 77.7. The fourth-order valence-electron chi connectivity index (χ4n) is 7.18. The van der Waals surface area contributed by atoms with Crippen molar-refractivity contribution < 1.29 is 42.9 Å². The summed E-state index contributed by atoms with van der Waals surface area (Å²) in [6.07, 6.45) is 12.6. The van der Waals surface area contributed by atoms with Crippen LogP contribution in [-0.4, -0.2) is 122 Å². The van der Waals surface area contributed by atoms with Gasteiger partial charge in [-0.15, -0.1) is 0 Å². The zero-order valence-corrected chi connectivity index (χ0v) is 42.4. The van der Waals surface area contributed by atoms with Crippen LogP contribution in [0, 0.1) is 6.92 Å². The van der Waals surface area contributed by atoms with E-state index in [0.29, 0.717) is 77.1 Å². The maximum Gasteiger partial charge on any atom is 0.307 e. The van der Waals surface area contributed by atoms with Gasteiger partial charge in [0.25, 0.3) is 5.91 Å². The average Bonchev–Trinajstić information content (AvgIpc) is 3.95. The molecule has 22 nitrogen and oxygen atoms in total. The molecular weight excluding hydrogens is 939 g/mol. The van der Waals surface area contributed by atoms with Crippen LogP contribution in [0.4, 0.5) is 11.4 Å². The van der Waals surface area contributed by atoms with Gasteiger partial charge in [0.2, 0.25) is 11.8 Å². The number of fused-ring (bicyclic) bond motifs is 1. The first-order valence-corrected chi connectivity index (χ1v) is 23.4. The van der Waals surface area contributed by atoms with Gasteiger partial charge in [-0.3, -0.25) is 38.6 Å². The van der Waals surface area contributed by atoms with Gasteiger partial charge >= 0.3 is 11.9 Å². The summed E-state index contributed by atoms with van der Waals surface area (Å²) in [5, 5.41) is 13.8. The van der Waals surface area contributed by atoms with Gasteiger partial charge in [-0.1, -0.05) is 30.4 Å². The van der Waals surface area contributed by atoms with E-state index in [4.69, 9.17) is 36.4 Å². The standard InChI is InChI=1S/C51H67N13O9/c1-9-57-40(24-33(3)4)50-60-39-27-36(49(54)68)29-43(72-22-14-11-18-56-31-37(30-52)58-19-17-45(66)71-8)47(39)63(50)21-13-12-20-62(32-59-51(69)41-25-34(5)61-64(41)10-2)46-38(55-6)26-35(48(53)67)28-42(46)73-23-15-16-44(65)70-7/h11-14,24-31,57-58H,3,6,9-10,15-23,32,52H2,1-2,4-5,7-8H3,(H2,53,67)(H2,54,68)(H,59,69)/b13-12+,14-11+,37-30+,40-24-,56-31?. The number of rotatable bonds is 31. The van der Waals surface area contributed by atoms with Crippen LogP contribution >= 0.6 is 0 Å². The van der Waals surface area contributed by atoms with E-state index in [0.717, 1.165) is 5.57 Å². The molecule has 9 N–H and O–H groups in total. The third-order valence-corrected chi connectivity index (χ3v) is 10.6. The smallest absolute Gasteiger partial charge is 0.307 e. The van der Waals surface area contributed by atoms with E-state index in [9.17, 15) is 24.0 Å². The normalized spacial score (nSPS) is 11.8. The molecular formula is C51H67N13O9. The van der Waals surface area contributed by atoms with Crippen LogP contribution in [0.5, 0.6) is 11.5 Å². The molecule has 0 unspecified atom stereocenters. The Morgan fingerprint density at radius 2 is 1.60 bits per heavy atom. The molecule has 0 fully saturated rings. The highest BCUT2D eigenvalue weighted by atomic mass is 16.5. The van der Waals surface area contributed by atoms with Crippen LogP contribution in [0.3, 0.4) is 0 Å². The fourth-order valence-corrected chi connectivity index (χ4v) is 7.18. The van der Waals surface area contributed by atoms with Crippen molar-refractivity contribution in [2.24, 2.45) is 27.2 Å². The molecule has 0 atom stereocenters. The quantitative estimate of drug-likeness (QED) is 0.0102. The van der Waals surface area contributed by atoms with Crippen molar-refractivity contribution in [3.63, 3.8) is 0 Å². The Morgan fingerprint density at radius 3 is 2.26 bits per heavy atom. The van der Waals surface area contributed by atoms with Gasteiger partial charge in [0.15, 0.2) is 5.82 Å². The van der Waals surface area contributed by atoms with Crippen molar-refractivity contribution in [2.75, 3.05) is 65.2 Å². The number of ether oxygens (including phenoxy) is 4. The van der Waals surface area contributed by atoms with Gasteiger partial charge in [0, 0.05) is 62.7 Å². The zero-order valence-electron chi connectivity index (χ0n) is 42.4. The molecule has 0 radical (unpaired) electrons. The fraction of sp³-hybridized carbons (Fsp3) is 0.353. The first-order valence-electron chi connectivity index (χ1n) is 23.4. The Labute approximate surface area is 424 Å². The Kier molecular flexibility index (Phi) is 22.5. The maximum absolute atomic E-state index is 13.7. The second-order valence-corrected chi connectivity index (χ2v) is 16.1. The van der Waals surface area contributed by atoms with Crippen LogP contribution in [0.15, 0.2) is 94.7 Å². The molecule has 2 heterocycles. The van der Waals surface area contributed by atoms with Crippen molar-refractivity contribution >= 4 is 70.7 Å². The predicted octanol–water partition coefficient (Wildman–Crippen LogP) is 4.36. The highest BCUT2D eigenvalue weighted by Gasteiger charge is 2.23. The Morgan fingerprint density at radius 1 is 0.890 bits per heavy atom. The summed E-state index contributed by atoms with van der Waals surface area (Å²) in [6, 6.07) is 7.83. The third kappa shape index (κ3) is 16.7. The van der Waals surface area contributed by atoms with E-state index >= 15 is 0 Å². The minimum atomic E-state index is -0.732. The van der Waals surface area contributed by atoms with E-state index in [1.54, 1.807) is 53.1 Å². The molecule has 390 valence electrons. The molecule has 3 amide bonds. The van der Waals surface area contributed by atoms with Crippen LogP contribution in [-0.2, 0) is 32.2 Å². The largest absolute Gasteiger partial charge is 0.491 e. The number of aliphatic imine (C=N–C) groups is 2. The summed E-state index contributed by atoms with van der Waals surface area (Å²) in [7, 11) is 2.62. The van der Waals surface area contributed by atoms with Crippen molar-refractivity contribution in [1.82, 2.24) is 35.3 Å². The number of allylic oxidation sites excluding steroid dienone is 4. The molecule has 0 aliphatic rings. The lowest BCUT2D eigenvalue weighted by atomic mass is 10.1. The SMILES string of the molecule is C=Nc1cc(C(N)=O)cc(OCCCC(=O)OC)c1N(C/C=C/Cn1c(/C(=C/C(=C)C)NCC)nc2cc(C(N)=O)cc(OC/C=C/CN=C/C(=C\N)NCCC(=O)OC)c21)CNC(=O)c1cc(C)nn1CC. The number of primary amides is 2. The molecule has 0 aliphatic heterocycles. The molecule has 0 aliphatic carbocycles. The first-order chi connectivity index (χ1) is 35.1. The second kappa shape index (κ2) is 28.8. The number of esters is 2. The van der Waals surface area contributed by atoms with Gasteiger partial charge in [0.1, 0.15) is 35.0 Å². The molecule has 0 spiro atoms. The Balaban J connectivity index is 1.76. The Hall–Kier alpha value is -8.69. The van der Waals surface area contributed by atoms with Crippen LogP contribution in [0.2, 0.25) is 0 Å².